The normalized spacial score (nSPS) is 12.4. The average Bonchev–Trinajstić information content (AvgIpc) is 3.27. The SMILES string of the molecule is CBc1cc2c(cc1OC)CCn1c(C(=O)O)cc(-c3cccs3)c1-2. The van der Waals surface area contributed by atoms with Crippen molar-refractivity contribution in [1.29, 1.82) is 0 Å². The van der Waals surface area contributed by atoms with Crippen LogP contribution in [0.3, 0.4) is 0 Å². The summed E-state index contributed by atoms with van der Waals surface area (Å²) in [5, 5.41) is 11.7. The quantitative estimate of drug-likeness (QED) is 0.734. The predicted molar refractivity (Wildman–Crippen MR) is 103 cm³/mol. The van der Waals surface area contributed by atoms with E-state index >= 15 is 0 Å². The second-order valence-electron chi connectivity index (χ2n) is 6.15. The van der Waals surface area contributed by atoms with Gasteiger partial charge in [0.15, 0.2) is 7.28 Å². The van der Waals surface area contributed by atoms with Crippen LogP contribution in [0.2, 0.25) is 6.82 Å². The Labute approximate surface area is 150 Å². The number of nitrogens with zero attached hydrogens (tertiary/aromatic N) is 1. The van der Waals surface area contributed by atoms with Crippen LogP contribution in [0.25, 0.3) is 21.7 Å². The third-order valence-corrected chi connectivity index (χ3v) is 5.75. The maximum absolute atomic E-state index is 11.8. The van der Waals surface area contributed by atoms with Gasteiger partial charge < -0.3 is 14.4 Å². The fourth-order valence-corrected chi connectivity index (χ4v) is 4.40. The number of methoxy groups -OCH3 is 1. The lowest BCUT2D eigenvalue weighted by molar-refractivity contribution is 0.0685. The van der Waals surface area contributed by atoms with Crippen molar-refractivity contribution in [1.82, 2.24) is 4.57 Å². The second kappa shape index (κ2) is 6.12. The highest BCUT2D eigenvalue weighted by Gasteiger charge is 2.27. The molecule has 0 unspecified atom stereocenters. The Morgan fingerprint density at radius 1 is 1.32 bits per heavy atom. The van der Waals surface area contributed by atoms with Gasteiger partial charge in [-0.1, -0.05) is 19.0 Å². The zero-order valence-electron chi connectivity index (χ0n) is 14.2. The molecular weight excluding hydrogens is 333 g/mol. The number of benzene rings is 1. The van der Waals surface area contributed by atoms with Crippen LogP contribution in [0.5, 0.6) is 5.75 Å². The van der Waals surface area contributed by atoms with Gasteiger partial charge >= 0.3 is 5.97 Å². The molecule has 1 N–H and O–H groups in total. The van der Waals surface area contributed by atoms with Gasteiger partial charge in [0.05, 0.1) is 12.8 Å². The van der Waals surface area contributed by atoms with Crippen LogP contribution >= 0.6 is 11.3 Å². The van der Waals surface area contributed by atoms with Crippen LogP contribution < -0.4 is 10.2 Å². The van der Waals surface area contributed by atoms with Crippen molar-refractivity contribution in [2.45, 2.75) is 19.8 Å². The molecule has 0 amide bonds. The number of carbonyl (C=O) groups is 1. The highest BCUT2D eigenvalue weighted by molar-refractivity contribution is 7.13. The maximum Gasteiger partial charge on any atom is 0.352 e. The predicted octanol–water partition coefficient (Wildman–Crippen LogP) is 3.26. The summed E-state index contributed by atoms with van der Waals surface area (Å²) in [6, 6.07) is 10.1. The minimum atomic E-state index is -0.878. The summed E-state index contributed by atoms with van der Waals surface area (Å²) in [5.74, 6) is 0.0362. The molecule has 3 heterocycles. The van der Waals surface area contributed by atoms with E-state index in [0.29, 0.717) is 12.2 Å². The van der Waals surface area contributed by atoms with Gasteiger partial charge in [-0.3, -0.25) is 0 Å². The number of rotatable bonds is 4. The van der Waals surface area contributed by atoms with Crippen LogP contribution in [-0.4, -0.2) is 30.0 Å². The topological polar surface area (TPSA) is 51.5 Å². The number of aromatic nitrogens is 1. The van der Waals surface area contributed by atoms with E-state index in [-0.39, 0.29) is 0 Å². The second-order valence-corrected chi connectivity index (χ2v) is 7.10. The Morgan fingerprint density at radius 2 is 2.16 bits per heavy atom. The number of fused-ring (bicyclic) bond motifs is 3. The molecule has 126 valence electrons. The zero-order chi connectivity index (χ0) is 17.6. The summed E-state index contributed by atoms with van der Waals surface area (Å²) in [7, 11) is 2.57. The lowest BCUT2D eigenvalue weighted by Gasteiger charge is -2.23. The van der Waals surface area contributed by atoms with E-state index in [0.717, 1.165) is 46.6 Å². The molecule has 0 atom stereocenters. The van der Waals surface area contributed by atoms with Gasteiger partial charge in [-0.15, -0.1) is 11.3 Å². The maximum atomic E-state index is 11.8. The number of hydrogen-bond donors (Lipinski definition) is 1. The molecule has 0 saturated carbocycles. The lowest BCUT2D eigenvalue weighted by Crippen LogP contribution is -2.20. The molecule has 4 rings (SSSR count). The number of carboxylic acid groups (broad SMARTS) is 1. The Hall–Kier alpha value is -2.47. The first-order valence-corrected chi connectivity index (χ1v) is 9.22. The van der Waals surface area contributed by atoms with E-state index in [1.165, 1.54) is 5.56 Å². The van der Waals surface area contributed by atoms with Crippen LogP contribution in [0.15, 0.2) is 35.7 Å². The van der Waals surface area contributed by atoms with E-state index in [1.54, 1.807) is 18.4 Å². The fraction of sp³-hybridized carbons (Fsp3) is 0.211. The third kappa shape index (κ3) is 2.48. The minimum absolute atomic E-state index is 0.359. The molecule has 25 heavy (non-hydrogen) atoms. The first kappa shape index (κ1) is 16.0. The van der Waals surface area contributed by atoms with Crippen molar-refractivity contribution < 1.29 is 14.6 Å². The standard InChI is InChI=1S/C19H18BNO3S/c1-20-14-9-12-11(8-16(14)24-2)5-6-21-15(19(22)23)10-13(18(12)21)17-4-3-7-25-17/h3-4,7-10,20H,5-6H2,1-2H3,(H,22,23). The van der Waals surface area contributed by atoms with Crippen molar-refractivity contribution in [3.05, 3.63) is 47.0 Å². The molecule has 1 aliphatic rings. The molecular formula is C19H18BNO3S. The molecule has 0 fully saturated rings. The van der Waals surface area contributed by atoms with Crippen LogP contribution in [0.1, 0.15) is 16.1 Å². The summed E-state index contributed by atoms with van der Waals surface area (Å²) in [6.45, 7) is 2.78. The minimum Gasteiger partial charge on any atom is -0.497 e. The third-order valence-electron chi connectivity index (χ3n) is 4.85. The van der Waals surface area contributed by atoms with Gasteiger partial charge in [0.25, 0.3) is 0 Å². The van der Waals surface area contributed by atoms with Crippen molar-refractivity contribution >= 4 is 30.0 Å². The smallest absolute Gasteiger partial charge is 0.352 e. The monoisotopic (exact) mass is 351 g/mol. The molecule has 3 aromatic rings. The summed E-state index contributed by atoms with van der Waals surface area (Å²) in [4.78, 5) is 12.8. The Kier molecular flexibility index (Phi) is 3.92. The number of thiophene rings is 1. The first-order valence-electron chi connectivity index (χ1n) is 8.34. The van der Waals surface area contributed by atoms with E-state index < -0.39 is 5.97 Å². The van der Waals surface area contributed by atoms with Gasteiger partial charge in [-0.25, -0.2) is 4.79 Å². The number of aromatic carboxylic acids is 1. The average molecular weight is 351 g/mol. The van der Waals surface area contributed by atoms with Gasteiger partial charge in [0, 0.05) is 22.5 Å². The molecule has 0 saturated heterocycles. The van der Waals surface area contributed by atoms with Gasteiger partial charge in [0.2, 0.25) is 0 Å². The molecule has 0 spiro atoms. The molecule has 4 nitrogen and oxygen atoms in total. The number of hydrogen-bond acceptors (Lipinski definition) is 3. The number of aryl methyl sites for hydroxylation is 1. The molecule has 1 aliphatic heterocycles. The Morgan fingerprint density at radius 3 is 2.80 bits per heavy atom. The Balaban J connectivity index is 2.02. The van der Waals surface area contributed by atoms with E-state index in [2.05, 4.69) is 19.0 Å². The molecule has 0 bridgehead atoms. The molecule has 2 aromatic heterocycles. The first-order chi connectivity index (χ1) is 12.1. The summed E-state index contributed by atoms with van der Waals surface area (Å²) in [6.07, 6.45) is 0.807. The zero-order valence-corrected chi connectivity index (χ0v) is 15.0. The Bertz CT molecular complexity index is 960. The largest absolute Gasteiger partial charge is 0.497 e. The van der Waals surface area contributed by atoms with Crippen molar-refractivity contribution in [3.63, 3.8) is 0 Å². The van der Waals surface area contributed by atoms with Crippen LogP contribution in [0, 0.1) is 0 Å². The lowest BCUT2D eigenvalue weighted by atomic mass is 9.71. The summed E-state index contributed by atoms with van der Waals surface area (Å²) in [5.41, 5.74) is 5.86. The van der Waals surface area contributed by atoms with Crippen LogP contribution in [0.4, 0.5) is 0 Å². The van der Waals surface area contributed by atoms with Crippen molar-refractivity contribution in [2.75, 3.05) is 7.11 Å². The van der Waals surface area contributed by atoms with Gasteiger partial charge in [0.1, 0.15) is 11.4 Å². The fourth-order valence-electron chi connectivity index (χ4n) is 3.66. The van der Waals surface area contributed by atoms with Gasteiger partial charge in [-0.05, 0) is 41.0 Å². The van der Waals surface area contributed by atoms with E-state index in [4.69, 9.17) is 4.74 Å². The molecule has 6 heteroatoms. The van der Waals surface area contributed by atoms with E-state index in [9.17, 15) is 9.90 Å². The van der Waals surface area contributed by atoms with E-state index in [1.807, 2.05) is 28.1 Å². The highest BCUT2D eigenvalue weighted by Crippen LogP contribution is 2.42. The molecule has 0 radical (unpaired) electrons. The van der Waals surface area contributed by atoms with Crippen molar-refractivity contribution in [2.24, 2.45) is 0 Å². The van der Waals surface area contributed by atoms with Crippen LogP contribution in [-0.2, 0) is 13.0 Å². The molecule has 1 aromatic carbocycles. The summed E-state index contributed by atoms with van der Waals surface area (Å²) >= 11 is 1.64. The van der Waals surface area contributed by atoms with Gasteiger partial charge in [-0.2, -0.15) is 0 Å². The summed E-state index contributed by atoms with van der Waals surface area (Å²) < 4.78 is 7.49. The highest BCUT2D eigenvalue weighted by atomic mass is 32.1. The number of ether oxygens (including phenoxy) is 1. The number of carboxylic acids is 1. The van der Waals surface area contributed by atoms with Crippen molar-refractivity contribution in [3.8, 4) is 27.4 Å². The molecule has 0 aliphatic carbocycles.